The predicted octanol–water partition coefficient (Wildman–Crippen LogP) is 5.37. The number of nitrogens with one attached hydrogen (secondary N) is 1. The maximum Gasteiger partial charge on any atom is 0.240 e. The highest BCUT2D eigenvalue weighted by Gasteiger charge is 2.08. The summed E-state index contributed by atoms with van der Waals surface area (Å²) >= 11 is 5.93. The van der Waals surface area contributed by atoms with E-state index >= 15 is 0 Å². The van der Waals surface area contributed by atoms with E-state index in [-0.39, 0.29) is 5.91 Å². The minimum atomic E-state index is -0.108. The van der Waals surface area contributed by atoms with Gasteiger partial charge in [0.15, 0.2) is 0 Å². The minimum Gasteiger partial charge on any atom is -0.493 e. The summed E-state index contributed by atoms with van der Waals surface area (Å²) in [6.45, 7) is 6.69. The summed E-state index contributed by atoms with van der Waals surface area (Å²) in [4.78, 5) is 12.1. The van der Waals surface area contributed by atoms with Gasteiger partial charge in [-0.15, -0.1) is 0 Å². The summed E-state index contributed by atoms with van der Waals surface area (Å²) < 4.78 is 5.72. The van der Waals surface area contributed by atoms with E-state index in [9.17, 15) is 4.79 Å². The Morgan fingerprint density at radius 3 is 2.59 bits per heavy atom. The second-order valence-corrected chi connectivity index (χ2v) is 7.36. The summed E-state index contributed by atoms with van der Waals surface area (Å²) in [6.07, 6.45) is 1.79. The molecule has 2 rings (SSSR count). The summed E-state index contributed by atoms with van der Waals surface area (Å²) in [5.41, 5.74) is 5.59. The molecule has 0 atom stereocenters. The van der Waals surface area contributed by atoms with Gasteiger partial charge in [0.25, 0.3) is 0 Å². The van der Waals surface area contributed by atoms with Crippen molar-refractivity contribution in [1.29, 1.82) is 0 Å². The Balaban J connectivity index is 1.82. The van der Waals surface area contributed by atoms with Gasteiger partial charge in [0, 0.05) is 11.4 Å². The van der Waals surface area contributed by atoms with Crippen molar-refractivity contribution >= 4 is 23.2 Å². The van der Waals surface area contributed by atoms with E-state index in [0.29, 0.717) is 30.4 Å². The second-order valence-electron chi connectivity index (χ2n) is 6.92. The van der Waals surface area contributed by atoms with Gasteiger partial charge in [0.2, 0.25) is 5.91 Å². The number of rotatable bonds is 9. The first-order valence-corrected chi connectivity index (χ1v) is 9.63. The van der Waals surface area contributed by atoms with Crippen molar-refractivity contribution in [1.82, 2.24) is 5.43 Å². The molecule has 0 saturated heterocycles. The third-order valence-electron chi connectivity index (χ3n) is 3.97. The molecule has 0 aliphatic heterocycles. The molecule has 0 radical (unpaired) electrons. The molecular weight excluding hydrogens is 360 g/mol. The van der Waals surface area contributed by atoms with Crippen LogP contribution in [0.2, 0.25) is 5.02 Å². The molecule has 2 aromatic rings. The SMILES string of the molecule is Cc1cc(Cl)ccc1OCCCC(=O)NN=C(CC(C)C)c1ccccc1. The highest BCUT2D eigenvalue weighted by atomic mass is 35.5. The Bertz CT molecular complexity index is 773. The number of hydrazone groups is 1. The number of amides is 1. The molecule has 0 saturated carbocycles. The number of hydrogen-bond donors (Lipinski definition) is 1. The average Bonchev–Trinajstić information content (AvgIpc) is 2.64. The van der Waals surface area contributed by atoms with Gasteiger partial charge in [-0.05, 0) is 55.0 Å². The number of nitrogens with zero attached hydrogens (tertiary/aromatic N) is 1. The Labute approximate surface area is 166 Å². The number of carbonyl (C=O) groups is 1. The van der Waals surface area contributed by atoms with E-state index in [1.807, 2.05) is 49.4 Å². The van der Waals surface area contributed by atoms with Crippen LogP contribution < -0.4 is 10.2 Å². The fourth-order valence-electron chi connectivity index (χ4n) is 2.62. The lowest BCUT2D eigenvalue weighted by Crippen LogP contribution is -2.21. The number of aryl methyl sites for hydroxylation is 1. The van der Waals surface area contributed by atoms with Crippen LogP contribution in [0.4, 0.5) is 0 Å². The van der Waals surface area contributed by atoms with Gasteiger partial charge in [0.05, 0.1) is 12.3 Å². The number of hydrogen-bond acceptors (Lipinski definition) is 3. The van der Waals surface area contributed by atoms with E-state index in [2.05, 4.69) is 24.4 Å². The molecule has 0 heterocycles. The topological polar surface area (TPSA) is 50.7 Å². The molecule has 144 valence electrons. The fraction of sp³-hybridized carbons (Fsp3) is 0.364. The lowest BCUT2D eigenvalue weighted by molar-refractivity contribution is -0.121. The van der Waals surface area contributed by atoms with Crippen molar-refractivity contribution in [2.75, 3.05) is 6.61 Å². The molecule has 0 aromatic heterocycles. The van der Waals surface area contributed by atoms with Crippen molar-refractivity contribution in [3.8, 4) is 5.75 Å². The van der Waals surface area contributed by atoms with Gasteiger partial charge >= 0.3 is 0 Å². The van der Waals surface area contributed by atoms with E-state index in [1.165, 1.54) is 0 Å². The lowest BCUT2D eigenvalue weighted by atomic mass is 10.0. The third kappa shape index (κ3) is 7.43. The number of halogens is 1. The van der Waals surface area contributed by atoms with Crippen molar-refractivity contribution < 1.29 is 9.53 Å². The first-order chi connectivity index (χ1) is 13.0. The van der Waals surface area contributed by atoms with Crippen molar-refractivity contribution in [2.24, 2.45) is 11.0 Å². The van der Waals surface area contributed by atoms with Crippen LogP contribution >= 0.6 is 11.6 Å². The second kappa shape index (κ2) is 10.7. The van der Waals surface area contributed by atoms with Crippen LogP contribution in [0.15, 0.2) is 53.6 Å². The van der Waals surface area contributed by atoms with Crippen LogP contribution in [-0.2, 0) is 4.79 Å². The molecule has 0 bridgehead atoms. The zero-order chi connectivity index (χ0) is 19.6. The molecule has 4 nitrogen and oxygen atoms in total. The Morgan fingerprint density at radius 2 is 1.93 bits per heavy atom. The predicted molar refractivity (Wildman–Crippen MR) is 111 cm³/mol. The summed E-state index contributed by atoms with van der Waals surface area (Å²) in [5, 5.41) is 5.04. The van der Waals surface area contributed by atoms with Crippen LogP contribution in [0.25, 0.3) is 0 Å². The van der Waals surface area contributed by atoms with E-state index in [4.69, 9.17) is 16.3 Å². The van der Waals surface area contributed by atoms with Gasteiger partial charge in [-0.2, -0.15) is 5.10 Å². The van der Waals surface area contributed by atoms with Crippen LogP contribution in [-0.4, -0.2) is 18.2 Å². The zero-order valence-electron chi connectivity index (χ0n) is 16.2. The Morgan fingerprint density at radius 1 is 1.19 bits per heavy atom. The average molecular weight is 387 g/mol. The van der Waals surface area contributed by atoms with Crippen molar-refractivity contribution in [3.05, 3.63) is 64.7 Å². The molecule has 2 aromatic carbocycles. The fourth-order valence-corrected chi connectivity index (χ4v) is 2.85. The van der Waals surface area contributed by atoms with Crippen LogP contribution in [0.5, 0.6) is 5.75 Å². The van der Waals surface area contributed by atoms with Gasteiger partial charge in [-0.3, -0.25) is 4.79 Å². The molecule has 1 N–H and O–H groups in total. The number of carbonyl (C=O) groups excluding carboxylic acids is 1. The normalized spacial score (nSPS) is 11.5. The molecule has 0 spiro atoms. The molecular formula is C22H27ClN2O2. The lowest BCUT2D eigenvalue weighted by Gasteiger charge is -2.10. The molecule has 0 unspecified atom stereocenters. The van der Waals surface area contributed by atoms with E-state index in [1.54, 1.807) is 6.07 Å². The maximum atomic E-state index is 12.1. The van der Waals surface area contributed by atoms with Crippen LogP contribution in [0.1, 0.15) is 44.2 Å². The summed E-state index contributed by atoms with van der Waals surface area (Å²) in [5.74, 6) is 1.14. The van der Waals surface area contributed by atoms with E-state index < -0.39 is 0 Å². The van der Waals surface area contributed by atoms with Crippen LogP contribution in [0, 0.1) is 12.8 Å². The van der Waals surface area contributed by atoms with Gasteiger partial charge in [0.1, 0.15) is 5.75 Å². The van der Waals surface area contributed by atoms with Crippen molar-refractivity contribution in [3.63, 3.8) is 0 Å². The van der Waals surface area contributed by atoms with Gasteiger partial charge < -0.3 is 4.74 Å². The molecule has 1 amide bonds. The zero-order valence-corrected chi connectivity index (χ0v) is 16.9. The molecule has 0 aliphatic carbocycles. The van der Waals surface area contributed by atoms with E-state index in [0.717, 1.165) is 29.0 Å². The summed E-state index contributed by atoms with van der Waals surface area (Å²) in [7, 11) is 0. The Hall–Kier alpha value is -2.33. The smallest absolute Gasteiger partial charge is 0.240 e. The molecule has 27 heavy (non-hydrogen) atoms. The van der Waals surface area contributed by atoms with Crippen LogP contribution in [0.3, 0.4) is 0 Å². The quantitative estimate of drug-likeness (QED) is 0.357. The number of ether oxygens (including phenoxy) is 1. The third-order valence-corrected chi connectivity index (χ3v) is 4.20. The monoisotopic (exact) mass is 386 g/mol. The molecule has 5 heteroatoms. The first kappa shape index (κ1) is 21.0. The maximum absolute atomic E-state index is 12.1. The molecule has 0 aliphatic rings. The minimum absolute atomic E-state index is 0.108. The van der Waals surface area contributed by atoms with Gasteiger partial charge in [-0.25, -0.2) is 5.43 Å². The highest BCUT2D eigenvalue weighted by Crippen LogP contribution is 2.21. The Kier molecular flexibility index (Phi) is 8.34. The molecule has 0 fully saturated rings. The standard InChI is InChI=1S/C22H27ClN2O2/c1-16(2)14-20(18-8-5-4-6-9-18)24-25-22(26)10-7-13-27-21-12-11-19(23)15-17(21)3/h4-6,8-9,11-12,15-16H,7,10,13-14H2,1-3H3,(H,25,26). The highest BCUT2D eigenvalue weighted by molar-refractivity contribution is 6.30. The van der Waals surface area contributed by atoms with Crippen molar-refractivity contribution in [2.45, 2.75) is 40.0 Å². The number of benzene rings is 2. The first-order valence-electron chi connectivity index (χ1n) is 9.25. The largest absolute Gasteiger partial charge is 0.493 e. The summed E-state index contributed by atoms with van der Waals surface area (Å²) in [6, 6.07) is 15.4. The van der Waals surface area contributed by atoms with Gasteiger partial charge in [-0.1, -0.05) is 55.8 Å².